The quantitative estimate of drug-likeness (QED) is 0.452. The third-order valence-electron chi connectivity index (χ3n) is 4.89. The summed E-state index contributed by atoms with van der Waals surface area (Å²) in [6.45, 7) is 4.64. The molecule has 2 N–H and O–H groups in total. The first-order chi connectivity index (χ1) is 14.2. The molecule has 1 heterocycles. The number of anilines is 1. The smallest absolute Gasteiger partial charge is 0.262 e. The molecule has 4 rings (SSSR count). The Kier molecular flexibility index (Phi) is 5.38. The standard InChI is InChI=1S/C24H24N2O3/c1-3-16-6-5-7-21-20-13-8-17(14-22(20)26-24(16)21)25-23(27)15-29-19-11-9-18(10-12-19)28-4-2/h5-14,26H,3-4,15H2,1-2H3,(H,25,27). The zero-order valence-electron chi connectivity index (χ0n) is 16.6. The van der Waals surface area contributed by atoms with Crippen LogP contribution < -0.4 is 14.8 Å². The molecule has 1 aromatic heterocycles. The minimum absolute atomic E-state index is 0.0568. The van der Waals surface area contributed by atoms with Crippen LogP contribution in [0.3, 0.4) is 0 Å². The third-order valence-corrected chi connectivity index (χ3v) is 4.89. The molecule has 5 heteroatoms. The van der Waals surface area contributed by atoms with Gasteiger partial charge in [0.1, 0.15) is 11.5 Å². The first-order valence-electron chi connectivity index (χ1n) is 9.86. The number of benzene rings is 3. The van der Waals surface area contributed by atoms with Gasteiger partial charge in [-0.3, -0.25) is 4.79 Å². The van der Waals surface area contributed by atoms with Gasteiger partial charge in [-0.2, -0.15) is 0 Å². The Balaban J connectivity index is 1.44. The zero-order valence-corrected chi connectivity index (χ0v) is 16.6. The molecular weight excluding hydrogens is 364 g/mol. The summed E-state index contributed by atoms with van der Waals surface area (Å²) in [5.41, 5.74) is 4.19. The van der Waals surface area contributed by atoms with Gasteiger partial charge >= 0.3 is 0 Å². The normalized spacial score (nSPS) is 11.0. The molecule has 5 nitrogen and oxygen atoms in total. The van der Waals surface area contributed by atoms with E-state index in [1.165, 1.54) is 10.9 Å². The lowest BCUT2D eigenvalue weighted by molar-refractivity contribution is -0.118. The van der Waals surface area contributed by atoms with E-state index in [2.05, 4.69) is 35.4 Å². The molecule has 0 atom stereocenters. The maximum absolute atomic E-state index is 12.3. The monoisotopic (exact) mass is 388 g/mol. The van der Waals surface area contributed by atoms with E-state index in [9.17, 15) is 4.79 Å². The number of carbonyl (C=O) groups is 1. The zero-order chi connectivity index (χ0) is 20.2. The Hall–Kier alpha value is -3.47. The van der Waals surface area contributed by atoms with Gasteiger partial charge in [-0.25, -0.2) is 0 Å². The largest absolute Gasteiger partial charge is 0.494 e. The first-order valence-corrected chi connectivity index (χ1v) is 9.86. The van der Waals surface area contributed by atoms with Crippen molar-refractivity contribution in [1.29, 1.82) is 0 Å². The van der Waals surface area contributed by atoms with Crippen molar-refractivity contribution in [3.63, 3.8) is 0 Å². The molecule has 1 amide bonds. The number of fused-ring (bicyclic) bond motifs is 3. The molecule has 0 saturated carbocycles. The number of carbonyl (C=O) groups excluding carboxylic acids is 1. The Bertz CT molecular complexity index is 1150. The number of nitrogens with one attached hydrogen (secondary N) is 2. The van der Waals surface area contributed by atoms with Crippen molar-refractivity contribution in [2.45, 2.75) is 20.3 Å². The maximum atomic E-state index is 12.3. The predicted molar refractivity (Wildman–Crippen MR) is 117 cm³/mol. The van der Waals surface area contributed by atoms with E-state index in [4.69, 9.17) is 9.47 Å². The Labute approximate surface area is 169 Å². The van der Waals surface area contributed by atoms with Gasteiger partial charge in [0.2, 0.25) is 0 Å². The van der Waals surface area contributed by atoms with Gasteiger partial charge in [-0.1, -0.05) is 31.2 Å². The minimum Gasteiger partial charge on any atom is -0.494 e. The van der Waals surface area contributed by atoms with Gasteiger partial charge in [0, 0.05) is 27.5 Å². The van der Waals surface area contributed by atoms with Crippen LogP contribution in [0.15, 0.2) is 60.7 Å². The molecule has 0 unspecified atom stereocenters. The molecule has 148 valence electrons. The molecule has 0 aliphatic rings. The summed E-state index contributed by atoms with van der Waals surface area (Å²) in [7, 11) is 0. The van der Waals surface area contributed by atoms with E-state index in [0.717, 1.165) is 34.3 Å². The molecular formula is C24H24N2O3. The van der Waals surface area contributed by atoms with Crippen LogP contribution in [0, 0.1) is 0 Å². The van der Waals surface area contributed by atoms with Crippen LogP contribution in [0.5, 0.6) is 11.5 Å². The number of ether oxygens (including phenoxy) is 2. The molecule has 4 aromatic rings. The van der Waals surface area contributed by atoms with Gasteiger partial charge < -0.3 is 19.8 Å². The van der Waals surface area contributed by atoms with E-state index < -0.39 is 0 Å². The highest BCUT2D eigenvalue weighted by atomic mass is 16.5. The highest BCUT2D eigenvalue weighted by molar-refractivity contribution is 6.09. The summed E-state index contributed by atoms with van der Waals surface area (Å²) < 4.78 is 11.0. The second-order valence-electron chi connectivity index (χ2n) is 6.82. The van der Waals surface area contributed by atoms with Crippen LogP contribution in [0.25, 0.3) is 21.8 Å². The molecule has 0 aliphatic heterocycles. The first kappa shape index (κ1) is 18.9. The lowest BCUT2D eigenvalue weighted by Crippen LogP contribution is -2.20. The van der Waals surface area contributed by atoms with E-state index >= 15 is 0 Å². The second kappa shape index (κ2) is 8.27. The lowest BCUT2D eigenvalue weighted by Gasteiger charge is -2.08. The SMILES string of the molecule is CCOc1ccc(OCC(=O)Nc2ccc3c(c2)[nH]c2c(CC)cccc23)cc1. The molecule has 0 radical (unpaired) electrons. The predicted octanol–water partition coefficient (Wildman–Crippen LogP) is 5.30. The highest BCUT2D eigenvalue weighted by Gasteiger charge is 2.09. The summed E-state index contributed by atoms with van der Waals surface area (Å²) in [5.74, 6) is 1.20. The number of hydrogen-bond donors (Lipinski definition) is 2. The van der Waals surface area contributed by atoms with Crippen molar-refractivity contribution < 1.29 is 14.3 Å². The second-order valence-corrected chi connectivity index (χ2v) is 6.82. The molecule has 0 aliphatic carbocycles. The molecule has 29 heavy (non-hydrogen) atoms. The number of rotatable bonds is 7. The fourth-order valence-electron chi connectivity index (χ4n) is 3.51. The van der Waals surface area contributed by atoms with Crippen molar-refractivity contribution in [3.05, 3.63) is 66.2 Å². The topological polar surface area (TPSA) is 63.4 Å². The Morgan fingerprint density at radius 3 is 2.41 bits per heavy atom. The van der Waals surface area contributed by atoms with Crippen LogP contribution in [-0.4, -0.2) is 24.1 Å². The fraction of sp³-hybridized carbons (Fsp3) is 0.208. The van der Waals surface area contributed by atoms with E-state index in [1.807, 2.05) is 37.3 Å². The van der Waals surface area contributed by atoms with Gasteiger partial charge in [0.25, 0.3) is 5.91 Å². The lowest BCUT2D eigenvalue weighted by atomic mass is 10.1. The van der Waals surface area contributed by atoms with Gasteiger partial charge in [-0.05, 0) is 55.3 Å². The highest BCUT2D eigenvalue weighted by Crippen LogP contribution is 2.29. The van der Waals surface area contributed by atoms with Crippen LogP contribution in [0.1, 0.15) is 19.4 Å². The van der Waals surface area contributed by atoms with Crippen LogP contribution in [0.2, 0.25) is 0 Å². The minimum atomic E-state index is -0.205. The Morgan fingerprint density at radius 1 is 0.931 bits per heavy atom. The number of aryl methyl sites for hydroxylation is 1. The van der Waals surface area contributed by atoms with Gasteiger partial charge in [0.05, 0.1) is 6.61 Å². The number of aromatic nitrogens is 1. The molecule has 0 bridgehead atoms. The summed E-state index contributed by atoms with van der Waals surface area (Å²) in [6, 6.07) is 19.5. The van der Waals surface area contributed by atoms with Crippen molar-refractivity contribution in [2.75, 3.05) is 18.5 Å². The van der Waals surface area contributed by atoms with Gasteiger partial charge in [-0.15, -0.1) is 0 Å². The third kappa shape index (κ3) is 4.04. The van der Waals surface area contributed by atoms with Crippen molar-refractivity contribution >= 4 is 33.4 Å². The fourth-order valence-corrected chi connectivity index (χ4v) is 3.51. The molecule has 0 fully saturated rings. The average molecular weight is 388 g/mol. The number of aromatic amines is 1. The molecule has 3 aromatic carbocycles. The van der Waals surface area contributed by atoms with E-state index in [0.29, 0.717) is 12.4 Å². The average Bonchev–Trinajstić information content (AvgIpc) is 3.11. The van der Waals surface area contributed by atoms with E-state index in [1.54, 1.807) is 12.1 Å². The summed E-state index contributed by atoms with van der Waals surface area (Å²) >= 11 is 0. The van der Waals surface area contributed by atoms with Gasteiger partial charge in [0.15, 0.2) is 6.61 Å². The number of H-pyrrole nitrogens is 1. The number of hydrogen-bond acceptors (Lipinski definition) is 3. The van der Waals surface area contributed by atoms with Crippen molar-refractivity contribution in [3.8, 4) is 11.5 Å². The molecule has 0 spiro atoms. The Morgan fingerprint density at radius 2 is 1.69 bits per heavy atom. The number of amides is 1. The van der Waals surface area contributed by atoms with Crippen LogP contribution in [-0.2, 0) is 11.2 Å². The summed E-state index contributed by atoms with van der Waals surface area (Å²) in [6.07, 6.45) is 0.969. The van der Waals surface area contributed by atoms with E-state index in [-0.39, 0.29) is 12.5 Å². The van der Waals surface area contributed by atoms with Crippen LogP contribution in [0.4, 0.5) is 5.69 Å². The van der Waals surface area contributed by atoms with Crippen molar-refractivity contribution in [2.24, 2.45) is 0 Å². The molecule has 0 saturated heterocycles. The number of para-hydroxylation sites is 1. The van der Waals surface area contributed by atoms with Crippen molar-refractivity contribution in [1.82, 2.24) is 4.98 Å². The summed E-state index contributed by atoms with van der Waals surface area (Å²) in [5, 5.41) is 5.26. The van der Waals surface area contributed by atoms with Crippen LogP contribution >= 0.6 is 0 Å². The maximum Gasteiger partial charge on any atom is 0.262 e. The summed E-state index contributed by atoms with van der Waals surface area (Å²) in [4.78, 5) is 15.8.